The Bertz CT molecular complexity index is 1300. The monoisotopic (exact) mass is 804 g/mol. The Morgan fingerprint density at radius 1 is 0.800 bits per heavy atom. The van der Waals surface area contributed by atoms with Gasteiger partial charge in [-0.2, -0.15) is 0 Å². The molecule has 4 aliphatic rings. The summed E-state index contributed by atoms with van der Waals surface area (Å²) in [7, 11) is 0. The van der Waals surface area contributed by atoms with Gasteiger partial charge in [0.05, 0.1) is 50.3 Å². The van der Waals surface area contributed by atoms with Gasteiger partial charge in [0, 0.05) is 26.7 Å². The molecule has 4 rings (SSSR count). The van der Waals surface area contributed by atoms with Crippen LogP contribution in [0.4, 0.5) is 0 Å². The van der Waals surface area contributed by atoms with Crippen molar-refractivity contribution in [3.8, 4) is 0 Å². The van der Waals surface area contributed by atoms with E-state index in [1.165, 1.54) is 6.92 Å². The predicted octanol–water partition coefficient (Wildman–Crippen LogP) is -8.20. The maximum atomic E-state index is 12.8. The van der Waals surface area contributed by atoms with Crippen LogP contribution in [0, 0.1) is 0 Å². The highest BCUT2D eigenvalue weighted by Crippen LogP contribution is 2.39. The molecule has 0 aliphatic carbocycles. The Morgan fingerprint density at radius 3 is 1.96 bits per heavy atom. The van der Waals surface area contributed by atoms with Crippen molar-refractivity contribution in [3.63, 3.8) is 0 Å². The van der Waals surface area contributed by atoms with Gasteiger partial charge >= 0.3 is 5.97 Å². The number of rotatable bonds is 14. The summed E-state index contributed by atoms with van der Waals surface area (Å²) in [5.41, 5.74) is 0. The van der Waals surface area contributed by atoms with E-state index in [9.17, 15) is 75.7 Å². The molecule has 0 aromatic carbocycles. The number of carbonyl (C=O) groups excluding carboxylic acids is 2. The number of aliphatic carboxylic acids is 1. The first-order valence-electron chi connectivity index (χ1n) is 17.5. The summed E-state index contributed by atoms with van der Waals surface area (Å²) >= 11 is 0. The normalized spacial score (nSPS) is 44.9. The number of carboxylic acid groups (broad SMARTS) is 1. The van der Waals surface area contributed by atoms with E-state index in [0.29, 0.717) is 0 Å². The van der Waals surface area contributed by atoms with E-state index in [2.05, 4.69) is 10.6 Å². The van der Waals surface area contributed by atoms with E-state index in [-0.39, 0.29) is 0 Å². The molecule has 0 spiro atoms. The maximum absolute atomic E-state index is 12.8. The predicted molar refractivity (Wildman–Crippen MR) is 171 cm³/mol. The minimum atomic E-state index is -2.94. The summed E-state index contributed by atoms with van der Waals surface area (Å²) in [4.78, 5) is 36.9. The lowest BCUT2D eigenvalue weighted by molar-refractivity contribution is -0.378. The van der Waals surface area contributed by atoms with Gasteiger partial charge < -0.3 is 105 Å². The molecule has 20 atom stereocenters. The SMILES string of the molecule is CC(=O)N[C@@H]1[C@@H](O[C@@H]2O[C@@H](C)[C@@H](O)[C@@H](O)[C@@H]2O)[C@H](O[C@@H]2O[C@H](CO)C[C@H](O[C@]3(C(=O)O)C[C@H](O)[C@@H](NC(C)=O)[C@H]([C@H](O)[C@H](O)CO)O3)[C@H]2O)[C@@H](CO)O[C@H]1O. The zero-order chi connectivity index (χ0) is 41.1. The fraction of sp³-hybridized carbons (Fsp3) is 0.903. The minimum Gasteiger partial charge on any atom is -0.477 e. The molecule has 0 bridgehead atoms. The second-order valence-electron chi connectivity index (χ2n) is 13.9. The van der Waals surface area contributed by atoms with Crippen molar-refractivity contribution in [1.29, 1.82) is 0 Å². The van der Waals surface area contributed by atoms with Crippen LogP contribution in [0.2, 0.25) is 0 Å². The summed E-state index contributed by atoms with van der Waals surface area (Å²) in [6.07, 6.45) is -31.2. The summed E-state index contributed by atoms with van der Waals surface area (Å²) < 4.78 is 40.1. The van der Waals surface area contributed by atoms with Crippen LogP contribution < -0.4 is 10.6 Å². The second-order valence-corrected chi connectivity index (χ2v) is 13.9. The van der Waals surface area contributed by atoms with Crippen LogP contribution in [0.15, 0.2) is 0 Å². The van der Waals surface area contributed by atoms with E-state index in [4.69, 9.17) is 33.2 Å². The lowest BCUT2D eigenvalue weighted by Crippen LogP contribution is -2.70. The van der Waals surface area contributed by atoms with E-state index in [0.717, 1.165) is 13.8 Å². The second kappa shape index (κ2) is 19.0. The van der Waals surface area contributed by atoms with Gasteiger partial charge in [0.15, 0.2) is 18.9 Å². The van der Waals surface area contributed by atoms with Crippen molar-refractivity contribution in [1.82, 2.24) is 10.6 Å². The Morgan fingerprint density at radius 2 is 1.40 bits per heavy atom. The van der Waals surface area contributed by atoms with Crippen molar-refractivity contribution in [2.24, 2.45) is 0 Å². The highest BCUT2D eigenvalue weighted by Gasteiger charge is 2.59. The number of aliphatic hydroxyl groups is 11. The minimum absolute atomic E-state index is 0.467. The van der Waals surface area contributed by atoms with Gasteiger partial charge in [-0.3, -0.25) is 9.59 Å². The van der Waals surface area contributed by atoms with Crippen molar-refractivity contribution in [2.45, 2.75) is 156 Å². The summed E-state index contributed by atoms with van der Waals surface area (Å²) in [5, 5.41) is 130. The number of hydrogen-bond donors (Lipinski definition) is 14. The fourth-order valence-electron chi connectivity index (χ4n) is 6.96. The van der Waals surface area contributed by atoms with Gasteiger partial charge in [0.25, 0.3) is 5.79 Å². The number of carbonyl (C=O) groups is 3. The number of amides is 2. The maximum Gasteiger partial charge on any atom is 0.364 e. The van der Waals surface area contributed by atoms with Crippen LogP contribution >= 0.6 is 0 Å². The van der Waals surface area contributed by atoms with Crippen LogP contribution in [0.3, 0.4) is 0 Å². The molecule has 4 heterocycles. The number of aliphatic hydroxyl groups excluding tert-OH is 11. The largest absolute Gasteiger partial charge is 0.477 e. The molecule has 0 aromatic rings. The van der Waals surface area contributed by atoms with Crippen molar-refractivity contribution >= 4 is 17.8 Å². The molecule has 2 amide bonds. The summed E-state index contributed by atoms with van der Waals surface area (Å²) in [6.45, 7) is 0.721. The van der Waals surface area contributed by atoms with E-state index >= 15 is 0 Å². The molecule has 0 unspecified atom stereocenters. The van der Waals surface area contributed by atoms with Crippen molar-refractivity contribution < 1.29 is 109 Å². The molecule has 4 fully saturated rings. The van der Waals surface area contributed by atoms with Crippen LogP contribution in [-0.2, 0) is 47.5 Å². The molecule has 24 nitrogen and oxygen atoms in total. The lowest BCUT2D eigenvalue weighted by Gasteiger charge is -2.50. The topological polar surface area (TPSA) is 383 Å². The summed E-state index contributed by atoms with van der Waals surface area (Å²) in [6, 6.07) is -3.10. The summed E-state index contributed by atoms with van der Waals surface area (Å²) in [5.74, 6) is -6.32. The number of ether oxygens (including phenoxy) is 7. The molecule has 4 saturated heterocycles. The molecule has 318 valence electrons. The van der Waals surface area contributed by atoms with E-state index in [1.807, 2.05) is 0 Å². The zero-order valence-corrected chi connectivity index (χ0v) is 30.0. The molecule has 0 aromatic heterocycles. The third-order valence-corrected chi connectivity index (χ3v) is 9.82. The van der Waals surface area contributed by atoms with E-state index in [1.54, 1.807) is 0 Å². The smallest absolute Gasteiger partial charge is 0.364 e. The van der Waals surface area contributed by atoms with Gasteiger partial charge in [0.1, 0.15) is 67.1 Å². The molecule has 14 N–H and O–H groups in total. The molecule has 0 radical (unpaired) electrons. The number of hydrogen-bond acceptors (Lipinski definition) is 21. The van der Waals surface area contributed by atoms with Crippen LogP contribution in [0.1, 0.15) is 33.6 Å². The standard InChI is InChI=1S/C31H52N2O22/c1-9-19(41)22(44)23(45)29(49-9)53-26-18(33-11(3)38)27(46)51-16(8-36)24(26)52-28-21(43)15(4-12(6-34)50-28)54-31(30(47)48)5-13(39)17(32-10(2)37)25(55-31)20(42)14(40)7-35/h9,12-29,34-36,39-46H,4-8H2,1-3H3,(H,32,37)(H,33,38)(H,47,48)/t9-,12-,13-,14+,15-,16+,17+,18+,19+,20+,21+,22+,23-,24+,25+,26+,27+,28-,29-,31+/m0/s1. The molecule has 55 heavy (non-hydrogen) atoms. The number of nitrogens with one attached hydrogen (secondary N) is 2. The van der Waals surface area contributed by atoms with E-state index < -0.39 is 173 Å². The molecule has 4 aliphatic heterocycles. The zero-order valence-electron chi connectivity index (χ0n) is 30.0. The molecule has 0 saturated carbocycles. The Balaban J connectivity index is 1.67. The average Bonchev–Trinajstić information content (AvgIpc) is 3.13. The van der Waals surface area contributed by atoms with Crippen LogP contribution in [0.5, 0.6) is 0 Å². The third-order valence-electron chi connectivity index (χ3n) is 9.82. The van der Waals surface area contributed by atoms with Crippen molar-refractivity contribution in [3.05, 3.63) is 0 Å². The van der Waals surface area contributed by atoms with Gasteiger partial charge in [0.2, 0.25) is 11.8 Å². The Hall–Kier alpha value is -2.31. The quantitative estimate of drug-likeness (QED) is 0.0775. The van der Waals surface area contributed by atoms with Crippen molar-refractivity contribution in [2.75, 3.05) is 19.8 Å². The highest BCUT2D eigenvalue weighted by molar-refractivity contribution is 5.76. The highest BCUT2D eigenvalue weighted by atomic mass is 16.8. The van der Waals surface area contributed by atoms with Crippen LogP contribution in [0.25, 0.3) is 0 Å². The first-order valence-corrected chi connectivity index (χ1v) is 17.5. The van der Waals surface area contributed by atoms with Gasteiger partial charge in [-0.1, -0.05) is 0 Å². The van der Waals surface area contributed by atoms with Gasteiger partial charge in [-0.15, -0.1) is 0 Å². The first-order chi connectivity index (χ1) is 25.8. The van der Waals surface area contributed by atoms with Gasteiger partial charge in [-0.05, 0) is 6.92 Å². The lowest BCUT2D eigenvalue weighted by atomic mass is 9.88. The molecular weight excluding hydrogens is 752 g/mol. The Kier molecular flexibility index (Phi) is 15.7. The Labute approximate surface area is 313 Å². The molecule has 24 heteroatoms. The third kappa shape index (κ3) is 10.1. The van der Waals surface area contributed by atoms with Gasteiger partial charge in [-0.25, -0.2) is 4.79 Å². The first kappa shape index (κ1) is 45.4. The average molecular weight is 805 g/mol. The number of carboxylic acids is 1. The van der Waals surface area contributed by atoms with Crippen LogP contribution in [-0.4, -0.2) is 221 Å². The molecular formula is C31H52N2O22. The fourth-order valence-corrected chi connectivity index (χ4v) is 6.96.